The van der Waals surface area contributed by atoms with Gasteiger partial charge in [0.05, 0.1) is 6.54 Å². The van der Waals surface area contributed by atoms with Crippen molar-refractivity contribution in [3.05, 3.63) is 71.1 Å². The van der Waals surface area contributed by atoms with Crippen LogP contribution in [0.4, 0.5) is 0 Å². The van der Waals surface area contributed by atoms with E-state index in [2.05, 4.69) is 34.2 Å². The van der Waals surface area contributed by atoms with Crippen LogP contribution >= 0.6 is 0 Å². The molecule has 1 aliphatic rings. The summed E-state index contributed by atoms with van der Waals surface area (Å²) in [7, 11) is 0. The minimum Gasteiger partial charge on any atom is -0.340 e. The van der Waals surface area contributed by atoms with Crippen LogP contribution in [0.1, 0.15) is 47.6 Å². The van der Waals surface area contributed by atoms with Gasteiger partial charge in [0, 0.05) is 37.3 Å². The van der Waals surface area contributed by atoms with E-state index in [4.69, 9.17) is 4.52 Å². The van der Waals surface area contributed by atoms with Crippen molar-refractivity contribution in [3.63, 3.8) is 0 Å². The topological polar surface area (TPSA) is 91.6 Å². The summed E-state index contributed by atoms with van der Waals surface area (Å²) >= 11 is 0. The first-order valence-corrected chi connectivity index (χ1v) is 12.6. The van der Waals surface area contributed by atoms with Gasteiger partial charge in [-0.15, -0.1) is 0 Å². The molecule has 190 valence electrons. The number of nitrogens with zero attached hydrogens (tertiary/aromatic N) is 4. The van der Waals surface area contributed by atoms with E-state index in [-0.39, 0.29) is 17.7 Å². The van der Waals surface area contributed by atoms with E-state index in [1.54, 1.807) is 6.07 Å². The van der Waals surface area contributed by atoms with Gasteiger partial charge in [-0.1, -0.05) is 67.0 Å². The number of piperazine rings is 1. The number of carbonyl (C=O) groups excluding carboxylic acids is 2. The van der Waals surface area contributed by atoms with Gasteiger partial charge >= 0.3 is 0 Å². The van der Waals surface area contributed by atoms with E-state index in [0.29, 0.717) is 56.4 Å². The molecule has 0 bridgehead atoms. The van der Waals surface area contributed by atoms with Crippen LogP contribution in [0.3, 0.4) is 0 Å². The molecule has 1 fully saturated rings. The molecular weight excluding hydrogens is 454 g/mol. The van der Waals surface area contributed by atoms with Crippen molar-refractivity contribution in [3.8, 4) is 11.4 Å². The molecule has 0 radical (unpaired) electrons. The van der Waals surface area contributed by atoms with Crippen LogP contribution in [0, 0.1) is 19.8 Å². The molecule has 1 N–H and O–H groups in total. The first-order valence-electron chi connectivity index (χ1n) is 12.6. The third kappa shape index (κ3) is 6.37. The van der Waals surface area contributed by atoms with Crippen LogP contribution < -0.4 is 5.32 Å². The Kier molecular flexibility index (Phi) is 8.15. The molecule has 36 heavy (non-hydrogen) atoms. The molecule has 8 nitrogen and oxygen atoms in total. The number of hydrogen-bond donors (Lipinski definition) is 1. The van der Waals surface area contributed by atoms with Crippen molar-refractivity contribution >= 4 is 11.8 Å². The maximum Gasteiger partial charge on any atom is 0.252 e. The SMILES string of the molecule is Cc1ccc(-c2noc(CN3CCN(C(=O)C(CC(C)C)NC(=O)c4ccccc4C)CC3)n2)cc1. The van der Waals surface area contributed by atoms with Crippen LogP contribution in [-0.2, 0) is 11.3 Å². The Morgan fingerprint density at radius 2 is 1.69 bits per heavy atom. The van der Waals surface area contributed by atoms with Crippen molar-refractivity contribution in [2.75, 3.05) is 26.2 Å². The number of nitrogens with one attached hydrogen (secondary N) is 1. The van der Waals surface area contributed by atoms with Crippen LogP contribution in [-0.4, -0.2) is 64.0 Å². The quantitative estimate of drug-likeness (QED) is 0.517. The molecule has 4 rings (SSSR count). The number of aryl methyl sites for hydroxylation is 2. The predicted octanol–water partition coefficient (Wildman–Crippen LogP) is 3.84. The molecule has 2 amide bonds. The first-order chi connectivity index (χ1) is 17.3. The average molecular weight is 490 g/mol. The highest BCUT2D eigenvalue weighted by Gasteiger charge is 2.30. The monoisotopic (exact) mass is 489 g/mol. The molecular formula is C28H35N5O3. The Morgan fingerprint density at radius 3 is 2.36 bits per heavy atom. The second-order valence-corrected chi connectivity index (χ2v) is 9.95. The number of carbonyl (C=O) groups is 2. The van der Waals surface area contributed by atoms with Crippen LogP contribution in [0.25, 0.3) is 11.4 Å². The fraction of sp³-hybridized carbons (Fsp3) is 0.429. The molecule has 1 unspecified atom stereocenters. The molecule has 0 spiro atoms. The van der Waals surface area contributed by atoms with Gasteiger partial charge in [-0.05, 0) is 37.8 Å². The predicted molar refractivity (Wildman–Crippen MR) is 138 cm³/mol. The summed E-state index contributed by atoms with van der Waals surface area (Å²) in [5.41, 5.74) is 3.61. The van der Waals surface area contributed by atoms with E-state index >= 15 is 0 Å². The number of benzene rings is 2. The molecule has 2 aromatic carbocycles. The first kappa shape index (κ1) is 25.6. The minimum atomic E-state index is -0.545. The molecule has 0 saturated carbocycles. The van der Waals surface area contributed by atoms with E-state index in [1.165, 1.54) is 5.56 Å². The smallest absolute Gasteiger partial charge is 0.252 e. The van der Waals surface area contributed by atoms with Gasteiger partial charge in [-0.25, -0.2) is 0 Å². The minimum absolute atomic E-state index is 0.0234. The van der Waals surface area contributed by atoms with Crippen molar-refractivity contribution < 1.29 is 14.1 Å². The van der Waals surface area contributed by atoms with Crippen molar-refractivity contribution in [1.29, 1.82) is 0 Å². The van der Waals surface area contributed by atoms with Crippen LogP contribution in [0.5, 0.6) is 0 Å². The summed E-state index contributed by atoms with van der Waals surface area (Å²) in [4.78, 5) is 34.9. The molecule has 8 heteroatoms. The lowest BCUT2D eigenvalue weighted by molar-refractivity contribution is -0.135. The number of aromatic nitrogens is 2. The molecule has 1 atom stereocenters. The maximum atomic E-state index is 13.4. The third-order valence-electron chi connectivity index (χ3n) is 6.52. The van der Waals surface area contributed by atoms with E-state index in [0.717, 1.165) is 11.1 Å². The lowest BCUT2D eigenvalue weighted by Gasteiger charge is -2.36. The van der Waals surface area contributed by atoms with Gasteiger partial charge in [-0.2, -0.15) is 4.98 Å². The van der Waals surface area contributed by atoms with Crippen molar-refractivity contribution in [2.24, 2.45) is 5.92 Å². The fourth-order valence-corrected chi connectivity index (χ4v) is 4.43. The Balaban J connectivity index is 1.33. The van der Waals surface area contributed by atoms with E-state index < -0.39 is 6.04 Å². The van der Waals surface area contributed by atoms with Crippen LogP contribution in [0.15, 0.2) is 53.1 Å². The Morgan fingerprint density at radius 1 is 1.00 bits per heavy atom. The van der Waals surface area contributed by atoms with E-state index in [9.17, 15) is 9.59 Å². The van der Waals surface area contributed by atoms with Crippen molar-refractivity contribution in [2.45, 2.75) is 46.7 Å². The highest BCUT2D eigenvalue weighted by molar-refractivity contribution is 5.98. The Hall–Kier alpha value is -3.52. The standard InChI is InChI=1S/C28H35N5O3/c1-19(2)17-24(29-27(34)23-8-6-5-7-21(23)4)28(35)33-15-13-32(14-16-33)18-25-30-26(31-36-25)22-11-9-20(3)10-12-22/h5-12,19,24H,13-18H2,1-4H3,(H,29,34). The Labute approximate surface area is 212 Å². The van der Waals surface area contributed by atoms with Gasteiger partial charge in [0.1, 0.15) is 6.04 Å². The third-order valence-corrected chi connectivity index (χ3v) is 6.52. The van der Waals surface area contributed by atoms with Gasteiger partial charge in [-0.3, -0.25) is 14.5 Å². The van der Waals surface area contributed by atoms with Crippen molar-refractivity contribution in [1.82, 2.24) is 25.3 Å². The Bertz CT molecular complexity index is 1180. The molecule has 1 saturated heterocycles. The molecule has 1 aromatic heterocycles. The van der Waals surface area contributed by atoms with Gasteiger partial charge in [0.2, 0.25) is 17.6 Å². The molecule has 3 aromatic rings. The lowest BCUT2D eigenvalue weighted by atomic mass is 10.0. The number of amides is 2. The van der Waals surface area contributed by atoms with Gasteiger partial charge in [0.25, 0.3) is 5.91 Å². The molecule has 2 heterocycles. The summed E-state index contributed by atoms with van der Waals surface area (Å²) in [6.07, 6.45) is 0.598. The van der Waals surface area contributed by atoms with Gasteiger partial charge < -0.3 is 14.7 Å². The molecule has 0 aliphatic carbocycles. The second kappa shape index (κ2) is 11.5. The summed E-state index contributed by atoms with van der Waals surface area (Å²) in [5.74, 6) is 1.20. The number of rotatable bonds is 8. The summed E-state index contributed by atoms with van der Waals surface area (Å²) in [6.45, 7) is 11.2. The highest BCUT2D eigenvalue weighted by Crippen LogP contribution is 2.18. The second-order valence-electron chi connectivity index (χ2n) is 9.95. The molecule has 1 aliphatic heterocycles. The van der Waals surface area contributed by atoms with E-state index in [1.807, 2.05) is 61.2 Å². The average Bonchev–Trinajstić information content (AvgIpc) is 3.32. The highest BCUT2D eigenvalue weighted by atomic mass is 16.5. The summed E-state index contributed by atoms with van der Waals surface area (Å²) < 4.78 is 5.47. The lowest BCUT2D eigenvalue weighted by Crippen LogP contribution is -2.55. The zero-order valence-electron chi connectivity index (χ0n) is 21.5. The largest absolute Gasteiger partial charge is 0.340 e. The zero-order valence-corrected chi connectivity index (χ0v) is 21.5. The summed E-state index contributed by atoms with van der Waals surface area (Å²) in [5, 5.41) is 7.12. The normalized spacial score (nSPS) is 15.2. The zero-order chi connectivity index (χ0) is 25.7. The summed E-state index contributed by atoms with van der Waals surface area (Å²) in [6, 6.07) is 14.9. The maximum absolute atomic E-state index is 13.4. The van der Waals surface area contributed by atoms with Crippen LogP contribution in [0.2, 0.25) is 0 Å². The fourth-order valence-electron chi connectivity index (χ4n) is 4.43. The van der Waals surface area contributed by atoms with Gasteiger partial charge in [0.15, 0.2) is 0 Å². The number of hydrogen-bond acceptors (Lipinski definition) is 6.